The predicted octanol–water partition coefficient (Wildman–Crippen LogP) is 2.81. The van der Waals surface area contributed by atoms with Gasteiger partial charge in [0.15, 0.2) is 0 Å². The number of imidazole rings is 1. The van der Waals surface area contributed by atoms with Crippen molar-refractivity contribution in [2.45, 2.75) is 18.9 Å². The number of carbonyl (C=O) groups is 1. The van der Waals surface area contributed by atoms with Crippen LogP contribution >= 0.6 is 0 Å². The van der Waals surface area contributed by atoms with Gasteiger partial charge in [-0.05, 0) is 42.5 Å². The number of halogens is 3. The van der Waals surface area contributed by atoms with Crippen LogP contribution in [0.5, 0.6) is 11.6 Å². The van der Waals surface area contributed by atoms with Crippen LogP contribution in [0.25, 0.3) is 0 Å². The zero-order valence-corrected chi connectivity index (χ0v) is 19.1. The number of aryl methyl sites for hydroxylation is 1. The van der Waals surface area contributed by atoms with Gasteiger partial charge in [0, 0.05) is 52.4 Å². The lowest BCUT2D eigenvalue weighted by Crippen LogP contribution is -2.57. The summed E-state index contributed by atoms with van der Waals surface area (Å²) in [5.74, 6) is 1.31. The second kappa shape index (κ2) is 8.77. The second-order valence-corrected chi connectivity index (χ2v) is 9.64. The molecule has 1 saturated carbocycles. The molecule has 2 aliphatic heterocycles. The number of ether oxygens (including phenoxy) is 2. The number of likely N-dealkylation sites (tertiary alicyclic amines) is 2. The Labute approximate surface area is 195 Å². The first kappa shape index (κ1) is 23.0. The normalized spacial score (nSPS) is 25.0. The molecule has 1 aliphatic carbocycles. The van der Waals surface area contributed by atoms with E-state index in [-0.39, 0.29) is 18.2 Å². The Balaban J connectivity index is 1.25. The van der Waals surface area contributed by atoms with E-state index in [0.29, 0.717) is 35.9 Å². The highest BCUT2D eigenvalue weighted by molar-refractivity contribution is 5.70. The van der Waals surface area contributed by atoms with Crippen LogP contribution in [0.15, 0.2) is 36.8 Å². The number of hydrogen-bond donors (Lipinski definition) is 0. The highest BCUT2D eigenvalue weighted by atomic mass is 19.4. The highest BCUT2D eigenvalue weighted by Crippen LogP contribution is 2.53. The lowest BCUT2D eigenvalue weighted by atomic mass is 10.1. The number of alkyl halides is 3. The van der Waals surface area contributed by atoms with E-state index in [1.165, 1.54) is 24.5 Å². The standard InChI is InChI=1S/C23H28F3N5O3/c1-28-8-16(9-28)30-10-18-19(11-30)20(18)12-31(22(32)33-21-13-29(2)14-27-21)7-15-4-3-5-17(6-15)34-23(24,25)26/h3-6,13-14,16,18-20H,7-12H2,1-2H3. The van der Waals surface area contributed by atoms with Crippen LogP contribution in [0.4, 0.5) is 18.0 Å². The molecule has 0 bridgehead atoms. The summed E-state index contributed by atoms with van der Waals surface area (Å²) < 4.78 is 49.1. The summed E-state index contributed by atoms with van der Waals surface area (Å²) in [6, 6.07) is 6.33. The fourth-order valence-corrected chi connectivity index (χ4v) is 5.26. The van der Waals surface area contributed by atoms with E-state index >= 15 is 0 Å². The van der Waals surface area contributed by atoms with Crippen LogP contribution in [0, 0.1) is 17.8 Å². The third-order valence-electron chi connectivity index (χ3n) is 7.03. The number of fused-ring (bicyclic) bond motifs is 1. The van der Waals surface area contributed by atoms with Crippen molar-refractivity contribution in [2.75, 3.05) is 39.8 Å². The molecule has 1 aromatic carbocycles. The maximum atomic E-state index is 13.0. The molecule has 5 rings (SSSR count). The summed E-state index contributed by atoms with van der Waals surface area (Å²) in [7, 11) is 3.89. The summed E-state index contributed by atoms with van der Waals surface area (Å²) in [5, 5.41) is 0. The third kappa shape index (κ3) is 5.15. The van der Waals surface area contributed by atoms with Crippen LogP contribution in [0.1, 0.15) is 5.56 Å². The molecule has 8 nitrogen and oxygen atoms in total. The van der Waals surface area contributed by atoms with Crippen LogP contribution in [-0.4, -0.2) is 82.5 Å². The maximum Gasteiger partial charge on any atom is 0.573 e. The molecule has 0 N–H and O–H groups in total. The fourth-order valence-electron chi connectivity index (χ4n) is 5.26. The average molecular weight is 480 g/mol. The summed E-state index contributed by atoms with van der Waals surface area (Å²) in [6.45, 7) is 4.88. The molecule has 2 saturated heterocycles. The number of piperidine rings is 1. The summed E-state index contributed by atoms with van der Waals surface area (Å²) in [5.41, 5.74) is 0.532. The van der Waals surface area contributed by atoms with E-state index < -0.39 is 12.5 Å². The van der Waals surface area contributed by atoms with Crippen LogP contribution in [0.2, 0.25) is 0 Å². The molecular formula is C23H28F3N5O3. The van der Waals surface area contributed by atoms with Gasteiger partial charge < -0.3 is 23.8 Å². The van der Waals surface area contributed by atoms with Crippen LogP contribution in [0.3, 0.4) is 0 Å². The van der Waals surface area contributed by atoms with E-state index in [1.807, 2.05) is 0 Å². The number of benzene rings is 1. The van der Waals surface area contributed by atoms with Crippen molar-refractivity contribution in [1.29, 1.82) is 0 Å². The Morgan fingerprint density at radius 1 is 1.18 bits per heavy atom. The first-order valence-electron chi connectivity index (χ1n) is 11.4. The van der Waals surface area contributed by atoms with Gasteiger partial charge in [-0.3, -0.25) is 4.90 Å². The summed E-state index contributed by atoms with van der Waals surface area (Å²) in [6.07, 6.45) is -2.22. The Bertz CT molecular complexity index is 1030. The minimum Gasteiger partial charge on any atom is -0.406 e. The van der Waals surface area contributed by atoms with Crippen LogP contribution < -0.4 is 9.47 Å². The smallest absolute Gasteiger partial charge is 0.406 e. The number of nitrogens with zero attached hydrogens (tertiary/aromatic N) is 5. The maximum absolute atomic E-state index is 13.0. The van der Waals surface area contributed by atoms with Gasteiger partial charge in [0.05, 0.1) is 12.5 Å². The molecule has 0 radical (unpaired) electrons. The largest absolute Gasteiger partial charge is 0.573 e. The van der Waals surface area contributed by atoms with Gasteiger partial charge in [-0.2, -0.15) is 0 Å². The van der Waals surface area contributed by atoms with Crippen molar-refractivity contribution < 1.29 is 27.4 Å². The molecule has 3 heterocycles. The Kier molecular flexibility index (Phi) is 5.93. The molecule has 3 aliphatic rings. The summed E-state index contributed by atoms with van der Waals surface area (Å²) >= 11 is 0. The van der Waals surface area contributed by atoms with Gasteiger partial charge in [-0.15, -0.1) is 13.2 Å². The Hall–Kier alpha value is -2.79. The molecule has 2 unspecified atom stereocenters. The molecule has 11 heteroatoms. The average Bonchev–Trinajstić information content (AvgIpc) is 3.04. The minimum absolute atomic E-state index is 0.119. The Morgan fingerprint density at radius 3 is 2.53 bits per heavy atom. The molecule has 3 fully saturated rings. The topological polar surface area (TPSA) is 63.1 Å². The zero-order valence-electron chi connectivity index (χ0n) is 19.1. The van der Waals surface area contributed by atoms with Gasteiger partial charge in [0.25, 0.3) is 0 Å². The minimum atomic E-state index is -4.78. The molecule has 34 heavy (non-hydrogen) atoms. The lowest BCUT2D eigenvalue weighted by molar-refractivity contribution is -0.274. The SMILES string of the molecule is CN1CC(N2CC3C(CN(Cc4cccc(OC(F)(F)F)c4)C(=O)Oc4cn(C)cn4)C3C2)C1. The molecule has 184 valence electrons. The fraction of sp³-hybridized carbons (Fsp3) is 0.565. The van der Waals surface area contributed by atoms with Crippen LogP contribution in [-0.2, 0) is 13.6 Å². The summed E-state index contributed by atoms with van der Waals surface area (Å²) in [4.78, 5) is 23.5. The van der Waals surface area contributed by atoms with Gasteiger partial charge >= 0.3 is 12.5 Å². The van der Waals surface area contributed by atoms with E-state index in [1.54, 1.807) is 28.8 Å². The van der Waals surface area contributed by atoms with Crippen molar-refractivity contribution in [3.63, 3.8) is 0 Å². The quantitative estimate of drug-likeness (QED) is 0.609. The molecule has 2 atom stereocenters. The Morgan fingerprint density at radius 2 is 1.91 bits per heavy atom. The molecule has 1 aromatic heterocycles. The monoisotopic (exact) mass is 479 g/mol. The number of amides is 1. The van der Waals surface area contributed by atoms with Crippen molar-refractivity contribution in [1.82, 2.24) is 24.3 Å². The zero-order chi connectivity index (χ0) is 24.0. The van der Waals surface area contributed by atoms with E-state index in [4.69, 9.17) is 4.74 Å². The highest BCUT2D eigenvalue weighted by Gasteiger charge is 2.57. The lowest BCUT2D eigenvalue weighted by Gasteiger charge is -2.43. The third-order valence-corrected chi connectivity index (χ3v) is 7.03. The molecule has 0 spiro atoms. The molecule has 2 aromatic rings. The van der Waals surface area contributed by atoms with Gasteiger partial charge in [-0.25, -0.2) is 9.78 Å². The van der Waals surface area contributed by atoms with E-state index in [0.717, 1.165) is 26.2 Å². The van der Waals surface area contributed by atoms with E-state index in [2.05, 4.69) is 26.6 Å². The molecule has 1 amide bonds. The van der Waals surface area contributed by atoms with Gasteiger partial charge in [0.2, 0.25) is 5.88 Å². The second-order valence-electron chi connectivity index (χ2n) is 9.64. The number of carbonyl (C=O) groups excluding carboxylic acids is 1. The van der Waals surface area contributed by atoms with Gasteiger partial charge in [0.1, 0.15) is 5.75 Å². The molecular weight excluding hydrogens is 451 g/mol. The van der Waals surface area contributed by atoms with Crippen molar-refractivity contribution >= 4 is 6.09 Å². The number of likely N-dealkylation sites (N-methyl/N-ethyl adjacent to an activating group) is 1. The van der Waals surface area contributed by atoms with Gasteiger partial charge in [-0.1, -0.05) is 12.1 Å². The van der Waals surface area contributed by atoms with Crippen molar-refractivity contribution in [3.05, 3.63) is 42.4 Å². The van der Waals surface area contributed by atoms with E-state index in [9.17, 15) is 18.0 Å². The van der Waals surface area contributed by atoms with Crippen molar-refractivity contribution in [2.24, 2.45) is 24.8 Å². The van der Waals surface area contributed by atoms with Crippen molar-refractivity contribution in [3.8, 4) is 11.6 Å². The number of aromatic nitrogens is 2. The first-order valence-corrected chi connectivity index (χ1v) is 11.4. The number of rotatable bonds is 7. The first-order chi connectivity index (χ1) is 16.1. The predicted molar refractivity (Wildman–Crippen MR) is 116 cm³/mol. The number of hydrogen-bond acceptors (Lipinski definition) is 6.